The smallest absolute Gasteiger partial charge is 0.193 e. The van der Waals surface area contributed by atoms with Gasteiger partial charge in [-0.15, -0.1) is 0 Å². The van der Waals surface area contributed by atoms with Crippen molar-refractivity contribution in [2.24, 2.45) is 5.73 Å². The summed E-state index contributed by atoms with van der Waals surface area (Å²) in [6, 6.07) is 2.84. The van der Waals surface area contributed by atoms with Crippen LogP contribution in [0, 0.1) is 0 Å². The third-order valence-corrected chi connectivity index (χ3v) is 1.29. The highest BCUT2D eigenvalue weighted by molar-refractivity contribution is 5.23. The number of rotatable bonds is 2. The highest BCUT2D eigenvalue weighted by atomic mass is 16.3. The lowest BCUT2D eigenvalue weighted by Crippen LogP contribution is -2.08. The summed E-state index contributed by atoms with van der Waals surface area (Å²) in [5.41, 5.74) is 5.21. The summed E-state index contributed by atoms with van der Waals surface area (Å²) in [5.74, 6) is 0.0888. The first-order valence-corrected chi connectivity index (χ1v) is 3.03. The van der Waals surface area contributed by atoms with Crippen LogP contribution in [0.15, 0.2) is 12.1 Å². The Kier molecular flexibility index (Phi) is 1.82. The molecule has 0 saturated heterocycles. The Morgan fingerprint density at radius 1 is 1.30 bits per heavy atom. The molecule has 0 radical (unpaired) electrons. The number of hydrogen-bond acceptors (Lipinski definition) is 3. The van der Waals surface area contributed by atoms with Crippen molar-refractivity contribution in [1.82, 2.24) is 4.57 Å². The van der Waals surface area contributed by atoms with E-state index >= 15 is 0 Å². The zero-order chi connectivity index (χ0) is 7.56. The Bertz CT molecular complexity index is 200. The first-order valence-electron chi connectivity index (χ1n) is 3.03. The van der Waals surface area contributed by atoms with E-state index in [1.165, 1.54) is 16.7 Å². The van der Waals surface area contributed by atoms with Gasteiger partial charge in [-0.1, -0.05) is 0 Å². The van der Waals surface area contributed by atoms with Crippen LogP contribution in [0.3, 0.4) is 0 Å². The van der Waals surface area contributed by atoms with Gasteiger partial charge in [-0.3, -0.25) is 4.57 Å². The van der Waals surface area contributed by atoms with Crippen LogP contribution in [-0.2, 0) is 6.54 Å². The average molecular weight is 142 g/mol. The second kappa shape index (κ2) is 2.62. The first kappa shape index (κ1) is 6.95. The van der Waals surface area contributed by atoms with E-state index in [0.29, 0.717) is 13.1 Å². The van der Waals surface area contributed by atoms with E-state index in [0.717, 1.165) is 0 Å². The molecule has 0 bridgehead atoms. The van der Waals surface area contributed by atoms with Crippen molar-refractivity contribution in [3.63, 3.8) is 0 Å². The summed E-state index contributed by atoms with van der Waals surface area (Å²) in [6.45, 7) is 0.834. The molecule has 0 fully saturated rings. The Labute approximate surface area is 58.5 Å². The lowest BCUT2D eigenvalue weighted by atomic mass is 10.6. The largest absolute Gasteiger partial charge is 0.494 e. The third kappa shape index (κ3) is 1.06. The van der Waals surface area contributed by atoms with Gasteiger partial charge in [-0.2, -0.15) is 0 Å². The van der Waals surface area contributed by atoms with Crippen molar-refractivity contribution in [3.05, 3.63) is 12.1 Å². The molecule has 4 heteroatoms. The quantitative estimate of drug-likeness (QED) is 0.538. The number of nitrogens with zero attached hydrogens (tertiary/aromatic N) is 1. The van der Waals surface area contributed by atoms with Crippen LogP contribution in [0.1, 0.15) is 0 Å². The van der Waals surface area contributed by atoms with Gasteiger partial charge in [0, 0.05) is 25.2 Å². The van der Waals surface area contributed by atoms with Gasteiger partial charge >= 0.3 is 0 Å². The molecule has 4 N–H and O–H groups in total. The monoisotopic (exact) mass is 142 g/mol. The fraction of sp³-hybridized carbons (Fsp3) is 0.333. The number of aromatic hydroxyl groups is 2. The van der Waals surface area contributed by atoms with Gasteiger partial charge in [0.25, 0.3) is 0 Å². The molecule has 0 amide bonds. The molecule has 1 rings (SSSR count). The molecule has 0 atom stereocenters. The molecule has 0 unspecified atom stereocenters. The molecule has 56 valence electrons. The minimum atomic E-state index is 0.0444. The highest BCUT2D eigenvalue weighted by Gasteiger charge is 2.02. The second-order valence-electron chi connectivity index (χ2n) is 1.99. The number of nitrogens with two attached hydrogens (primary N) is 1. The second-order valence-corrected chi connectivity index (χ2v) is 1.99. The number of hydrogen-bond donors (Lipinski definition) is 3. The van der Waals surface area contributed by atoms with Crippen molar-refractivity contribution in [2.75, 3.05) is 6.54 Å². The third-order valence-electron chi connectivity index (χ3n) is 1.29. The van der Waals surface area contributed by atoms with E-state index in [9.17, 15) is 0 Å². The zero-order valence-corrected chi connectivity index (χ0v) is 5.49. The molecule has 4 nitrogen and oxygen atoms in total. The van der Waals surface area contributed by atoms with Crippen molar-refractivity contribution >= 4 is 0 Å². The Morgan fingerprint density at radius 2 is 1.80 bits per heavy atom. The van der Waals surface area contributed by atoms with E-state index in [4.69, 9.17) is 15.9 Å². The Morgan fingerprint density at radius 3 is 2.20 bits per heavy atom. The Balaban J connectivity index is 2.87. The van der Waals surface area contributed by atoms with Crippen molar-refractivity contribution < 1.29 is 10.2 Å². The topological polar surface area (TPSA) is 71.4 Å². The van der Waals surface area contributed by atoms with Crippen LogP contribution in [0.4, 0.5) is 0 Å². The minimum Gasteiger partial charge on any atom is -0.494 e. The Hall–Kier alpha value is -1.16. The standard InChI is InChI=1S/C6H10N2O2/c7-3-4-8-5(9)1-2-6(8)10/h1-2,9-10H,3-4,7H2. The SMILES string of the molecule is NCCn1c(O)ccc1O. The maximum Gasteiger partial charge on any atom is 0.193 e. The van der Waals surface area contributed by atoms with Gasteiger partial charge in [0.15, 0.2) is 11.8 Å². The summed E-state index contributed by atoms with van der Waals surface area (Å²) in [6.07, 6.45) is 0. The highest BCUT2D eigenvalue weighted by Crippen LogP contribution is 2.19. The molecule has 1 aromatic rings. The van der Waals surface area contributed by atoms with E-state index in [-0.39, 0.29) is 11.8 Å². The van der Waals surface area contributed by atoms with Gasteiger partial charge < -0.3 is 15.9 Å². The van der Waals surface area contributed by atoms with Crippen LogP contribution < -0.4 is 5.73 Å². The summed E-state index contributed by atoms with van der Waals surface area (Å²) in [7, 11) is 0. The maximum atomic E-state index is 9.01. The predicted molar refractivity (Wildman–Crippen MR) is 36.8 cm³/mol. The fourth-order valence-electron chi connectivity index (χ4n) is 0.805. The first-order chi connectivity index (χ1) is 4.75. The fourth-order valence-corrected chi connectivity index (χ4v) is 0.805. The van der Waals surface area contributed by atoms with Crippen molar-refractivity contribution in [3.8, 4) is 11.8 Å². The number of aromatic nitrogens is 1. The summed E-state index contributed by atoms with van der Waals surface area (Å²) >= 11 is 0. The summed E-state index contributed by atoms with van der Waals surface area (Å²) in [5, 5.41) is 18.0. The molecular weight excluding hydrogens is 132 g/mol. The average Bonchev–Trinajstić information content (AvgIpc) is 2.20. The molecule has 1 heterocycles. The molecule has 0 saturated carbocycles. The minimum absolute atomic E-state index is 0.0444. The summed E-state index contributed by atoms with van der Waals surface area (Å²) < 4.78 is 1.33. The molecule has 0 aromatic carbocycles. The molecule has 0 aliphatic carbocycles. The molecule has 0 aliphatic heterocycles. The lowest BCUT2D eigenvalue weighted by Gasteiger charge is -2.02. The molecule has 0 aliphatic rings. The van der Waals surface area contributed by atoms with Gasteiger partial charge in [0.1, 0.15) is 0 Å². The van der Waals surface area contributed by atoms with Crippen molar-refractivity contribution in [1.29, 1.82) is 0 Å². The van der Waals surface area contributed by atoms with Crippen LogP contribution in [-0.4, -0.2) is 21.3 Å². The molecule has 0 spiro atoms. The van der Waals surface area contributed by atoms with E-state index < -0.39 is 0 Å². The molecular formula is C6H10N2O2. The van der Waals surface area contributed by atoms with Crippen LogP contribution in [0.5, 0.6) is 11.8 Å². The molecule has 10 heavy (non-hydrogen) atoms. The summed E-state index contributed by atoms with van der Waals surface area (Å²) in [4.78, 5) is 0. The van der Waals surface area contributed by atoms with E-state index in [1.54, 1.807) is 0 Å². The normalized spacial score (nSPS) is 10.1. The lowest BCUT2D eigenvalue weighted by molar-refractivity contribution is 0.370. The van der Waals surface area contributed by atoms with Gasteiger partial charge in [-0.05, 0) is 0 Å². The maximum absolute atomic E-state index is 9.01. The van der Waals surface area contributed by atoms with Crippen LogP contribution >= 0.6 is 0 Å². The van der Waals surface area contributed by atoms with Gasteiger partial charge in [-0.25, -0.2) is 0 Å². The molecule has 1 aromatic heterocycles. The zero-order valence-electron chi connectivity index (χ0n) is 5.49. The van der Waals surface area contributed by atoms with E-state index in [2.05, 4.69) is 0 Å². The van der Waals surface area contributed by atoms with Crippen molar-refractivity contribution in [2.45, 2.75) is 6.54 Å². The van der Waals surface area contributed by atoms with Gasteiger partial charge in [0.2, 0.25) is 0 Å². The van der Waals surface area contributed by atoms with Crippen LogP contribution in [0.2, 0.25) is 0 Å². The van der Waals surface area contributed by atoms with E-state index in [1.807, 2.05) is 0 Å². The van der Waals surface area contributed by atoms with Crippen LogP contribution in [0.25, 0.3) is 0 Å². The predicted octanol–water partition coefficient (Wildman–Crippen LogP) is -0.142. The van der Waals surface area contributed by atoms with Gasteiger partial charge in [0.05, 0.1) is 0 Å².